The molecule has 33 heavy (non-hydrogen) atoms. The van der Waals surface area contributed by atoms with Crippen molar-refractivity contribution in [3.05, 3.63) is 34.8 Å². The largest absolute Gasteiger partial charge is 0.456 e. The molecule has 3 amide bonds. The van der Waals surface area contributed by atoms with Crippen molar-refractivity contribution in [2.45, 2.75) is 58.9 Å². The molecule has 4 rings (SSSR count). The monoisotopic (exact) mass is 456 g/mol. The Kier molecular flexibility index (Phi) is 5.85. The normalized spacial score (nSPS) is 22.7. The lowest BCUT2D eigenvalue weighted by Gasteiger charge is -2.36. The van der Waals surface area contributed by atoms with Crippen LogP contribution in [0.5, 0.6) is 0 Å². The molecule has 0 radical (unpaired) electrons. The molecule has 3 heterocycles. The summed E-state index contributed by atoms with van der Waals surface area (Å²) < 4.78 is 12.0. The second-order valence-corrected chi connectivity index (χ2v) is 8.94. The van der Waals surface area contributed by atoms with E-state index >= 15 is 0 Å². The van der Waals surface area contributed by atoms with E-state index in [0.717, 1.165) is 29.9 Å². The predicted molar refractivity (Wildman–Crippen MR) is 116 cm³/mol. The molecule has 0 bridgehead atoms. The first-order valence-electron chi connectivity index (χ1n) is 11.1. The smallest absolute Gasteiger partial charge is 0.326 e. The fourth-order valence-corrected chi connectivity index (χ4v) is 4.89. The molecule has 2 aromatic heterocycles. The maximum Gasteiger partial charge on any atom is 0.326 e. The number of carbonyl (C=O) groups excluding carboxylic acids is 4. The first-order chi connectivity index (χ1) is 15.6. The van der Waals surface area contributed by atoms with Crippen molar-refractivity contribution < 1.29 is 28.4 Å². The van der Waals surface area contributed by atoms with E-state index in [4.69, 9.17) is 9.26 Å². The molecule has 0 aromatic carbocycles. The van der Waals surface area contributed by atoms with Crippen LogP contribution < -0.4 is 5.32 Å². The summed E-state index contributed by atoms with van der Waals surface area (Å²) in [6.45, 7) is 6.30. The van der Waals surface area contributed by atoms with Gasteiger partial charge in [0.05, 0.1) is 0 Å². The van der Waals surface area contributed by atoms with E-state index in [2.05, 4.69) is 10.5 Å². The molecule has 1 aliphatic heterocycles. The summed E-state index contributed by atoms with van der Waals surface area (Å²) in [7, 11) is 0. The molecule has 10 heteroatoms. The van der Waals surface area contributed by atoms with Crippen molar-refractivity contribution >= 4 is 23.7 Å². The number of carbonyl (C=O) groups is 4. The molecule has 1 saturated carbocycles. The van der Waals surface area contributed by atoms with Gasteiger partial charge in [0, 0.05) is 23.0 Å². The zero-order valence-corrected chi connectivity index (χ0v) is 19.3. The fraction of sp³-hybridized carbons (Fsp3) is 0.522. The number of rotatable bonds is 6. The molecule has 1 saturated heterocycles. The van der Waals surface area contributed by atoms with E-state index in [0.29, 0.717) is 29.3 Å². The number of ether oxygens (including phenoxy) is 1. The molecule has 2 fully saturated rings. The summed E-state index contributed by atoms with van der Waals surface area (Å²) in [4.78, 5) is 51.4. The zero-order chi connectivity index (χ0) is 23.9. The Morgan fingerprint density at radius 2 is 2.00 bits per heavy atom. The molecule has 2 aliphatic rings. The average molecular weight is 456 g/mol. The topological polar surface area (TPSA) is 124 Å². The lowest BCUT2D eigenvalue weighted by Crippen LogP contribution is -2.54. The van der Waals surface area contributed by atoms with Gasteiger partial charge in [-0.3, -0.25) is 23.9 Å². The number of aromatic nitrogens is 2. The molecule has 1 N–H and O–H groups in total. The van der Waals surface area contributed by atoms with Crippen molar-refractivity contribution in [1.29, 1.82) is 0 Å². The number of esters is 1. The number of hydrogen-bond acceptors (Lipinski definition) is 7. The highest BCUT2D eigenvalue weighted by atomic mass is 16.5. The third-order valence-electron chi connectivity index (χ3n) is 6.73. The van der Waals surface area contributed by atoms with Crippen LogP contribution in [0.3, 0.4) is 0 Å². The van der Waals surface area contributed by atoms with Crippen molar-refractivity contribution in [1.82, 2.24) is 19.9 Å². The van der Waals surface area contributed by atoms with E-state index in [-0.39, 0.29) is 5.92 Å². The van der Waals surface area contributed by atoms with Crippen LogP contribution in [-0.4, -0.2) is 57.0 Å². The van der Waals surface area contributed by atoms with E-state index in [1.165, 1.54) is 0 Å². The van der Waals surface area contributed by atoms with Crippen molar-refractivity contribution in [2.75, 3.05) is 13.2 Å². The van der Waals surface area contributed by atoms with E-state index < -0.39 is 42.4 Å². The Hall–Kier alpha value is -3.43. The molecule has 2 aromatic rings. The minimum absolute atomic E-state index is 0.00551. The van der Waals surface area contributed by atoms with Crippen LogP contribution in [0.1, 0.15) is 60.1 Å². The van der Waals surface area contributed by atoms with Crippen LogP contribution in [-0.2, 0) is 14.3 Å². The van der Waals surface area contributed by atoms with Gasteiger partial charge in [-0.05, 0) is 45.6 Å². The molecular weight excluding hydrogens is 428 g/mol. The van der Waals surface area contributed by atoms with Crippen LogP contribution in [0, 0.1) is 26.7 Å². The number of ketones is 1. The first kappa shape index (κ1) is 22.8. The predicted octanol–water partition coefficient (Wildman–Crippen LogP) is 2.62. The van der Waals surface area contributed by atoms with Gasteiger partial charge < -0.3 is 14.6 Å². The molecule has 1 aliphatic carbocycles. The lowest BCUT2D eigenvalue weighted by atomic mass is 9.73. The Labute approximate surface area is 191 Å². The number of nitrogens with zero attached hydrogens (tertiary/aromatic N) is 3. The van der Waals surface area contributed by atoms with Gasteiger partial charge in [0.25, 0.3) is 5.91 Å². The number of Topliss-reactive ketones (excluding diaryl/α,β-unsaturated/α-hetero) is 1. The molecule has 176 valence electrons. The molecule has 2 atom stereocenters. The second-order valence-electron chi connectivity index (χ2n) is 8.94. The third kappa shape index (κ3) is 3.94. The summed E-state index contributed by atoms with van der Waals surface area (Å²) in [5, 5.41) is 6.78. The highest BCUT2D eigenvalue weighted by Gasteiger charge is 2.55. The fourth-order valence-electron chi connectivity index (χ4n) is 4.89. The van der Waals surface area contributed by atoms with Crippen LogP contribution in [0.15, 0.2) is 16.7 Å². The van der Waals surface area contributed by atoms with E-state index in [9.17, 15) is 19.2 Å². The SMILES string of the molecule is Cc1cc(-n2c(C)cc(C(=O)COC(=O)CN3C(=O)N[C@@]4(CCCC[C@@H]4C)C3=O)c2C)no1. The molecule has 0 unspecified atom stereocenters. The van der Waals surface area contributed by atoms with Crippen LogP contribution in [0.4, 0.5) is 4.79 Å². The molecular formula is C23H28N4O6. The molecule has 10 nitrogen and oxygen atoms in total. The second kappa shape index (κ2) is 8.49. The van der Waals surface area contributed by atoms with Crippen LogP contribution in [0.25, 0.3) is 5.82 Å². The van der Waals surface area contributed by atoms with E-state index in [1.807, 2.05) is 13.8 Å². The van der Waals surface area contributed by atoms with Crippen molar-refractivity contribution in [3.63, 3.8) is 0 Å². The van der Waals surface area contributed by atoms with Gasteiger partial charge in [-0.1, -0.05) is 24.9 Å². The number of nitrogens with one attached hydrogen (secondary N) is 1. The highest BCUT2D eigenvalue weighted by Crippen LogP contribution is 2.38. The summed E-state index contributed by atoms with van der Waals surface area (Å²) in [6, 6.07) is 2.86. The quantitative estimate of drug-likeness (QED) is 0.402. The Morgan fingerprint density at radius 1 is 1.24 bits per heavy atom. The molecule has 1 spiro atoms. The van der Waals surface area contributed by atoms with Crippen LogP contribution in [0.2, 0.25) is 0 Å². The average Bonchev–Trinajstić information content (AvgIpc) is 3.39. The third-order valence-corrected chi connectivity index (χ3v) is 6.73. The Bertz CT molecular complexity index is 1130. The Morgan fingerprint density at radius 3 is 2.67 bits per heavy atom. The summed E-state index contributed by atoms with van der Waals surface area (Å²) in [5.41, 5.74) is 0.874. The maximum atomic E-state index is 13.0. The van der Waals surface area contributed by atoms with Gasteiger partial charge >= 0.3 is 12.0 Å². The summed E-state index contributed by atoms with van der Waals surface area (Å²) in [5.74, 6) is -0.401. The number of hydrogen-bond donors (Lipinski definition) is 1. The lowest BCUT2D eigenvalue weighted by molar-refractivity contribution is -0.147. The van der Waals surface area contributed by atoms with Crippen molar-refractivity contribution in [3.8, 4) is 5.82 Å². The summed E-state index contributed by atoms with van der Waals surface area (Å²) >= 11 is 0. The number of aryl methyl sites for hydroxylation is 2. The van der Waals surface area contributed by atoms with Gasteiger partial charge in [0.1, 0.15) is 17.8 Å². The van der Waals surface area contributed by atoms with Gasteiger partial charge in [-0.25, -0.2) is 4.79 Å². The number of urea groups is 1. The van der Waals surface area contributed by atoms with Gasteiger partial charge in [0.15, 0.2) is 12.4 Å². The number of amides is 3. The van der Waals surface area contributed by atoms with Gasteiger partial charge in [0.2, 0.25) is 5.78 Å². The minimum atomic E-state index is -0.942. The first-order valence-corrected chi connectivity index (χ1v) is 11.1. The maximum absolute atomic E-state index is 13.0. The van der Waals surface area contributed by atoms with Gasteiger partial charge in [-0.2, -0.15) is 0 Å². The van der Waals surface area contributed by atoms with Gasteiger partial charge in [-0.15, -0.1) is 0 Å². The van der Waals surface area contributed by atoms with Crippen molar-refractivity contribution in [2.24, 2.45) is 5.92 Å². The van der Waals surface area contributed by atoms with E-state index in [1.54, 1.807) is 30.5 Å². The number of imide groups is 1. The zero-order valence-electron chi connectivity index (χ0n) is 19.3. The Balaban J connectivity index is 1.39. The highest BCUT2D eigenvalue weighted by molar-refractivity contribution is 6.09. The standard InChI is InChI=1S/C23H28N4O6/c1-13-7-5-6-8-23(13)21(30)26(22(31)24-23)11-20(29)32-12-18(28)17-9-14(2)27(16(17)4)19-10-15(3)33-25-19/h9-10,13H,5-8,11-12H2,1-4H3,(H,24,31)/t13-,23+/m0/s1. The van der Waals surface area contributed by atoms with Crippen LogP contribution >= 0.6 is 0 Å². The minimum Gasteiger partial charge on any atom is -0.456 e. The summed E-state index contributed by atoms with van der Waals surface area (Å²) in [6.07, 6.45) is 3.25.